The Balaban J connectivity index is 1.68. The van der Waals surface area contributed by atoms with Gasteiger partial charge in [0.25, 0.3) is 0 Å². The third-order valence-corrected chi connectivity index (χ3v) is 14.5. The molecule has 7 N–H and O–H groups in total. The Hall–Kier alpha value is -2.31. The van der Waals surface area contributed by atoms with E-state index in [-0.39, 0.29) is 25.6 Å². The second kappa shape index (κ2) is 49.5. The van der Waals surface area contributed by atoms with Gasteiger partial charge in [-0.05, 0) is 83.5 Å². The predicted octanol–water partition coefficient (Wildman–Crippen LogP) is 11.6. The number of aliphatic hydroxyl groups excluding tert-OH is 7. The van der Waals surface area contributed by atoms with Crippen LogP contribution in [0.25, 0.3) is 0 Å². The highest BCUT2D eigenvalue weighted by Crippen LogP contribution is 2.27. The fourth-order valence-corrected chi connectivity index (χ4v) is 9.50. The molecule has 2 aliphatic heterocycles. The molecule has 2 fully saturated rings. The SMILES string of the molecule is CCCCC/C=C\C/C=C\CCCCCCCCCC(=O)OC(COCCCCCCCCCCCCC/C=C\C/C=C\C/C=C\CCCCCCC)COC1OC(COC2OC(CO)C(O)C(O)C2O)C(O)C(O)C1O. The number of carbonyl (C=O) groups is 1. The Morgan fingerprint density at radius 2 is 0.805 bits per heavy atom. The lowest BCUT2D eigenvalue weighted by Gasteiger charge is -2.42. The summed E-state index contributed by atoms with van der Waals surface area (Å²) in [5.74, 6) is -0.385. The van der Waals surface area contributed by atoms with E-state index in [0.29, 0.717) is 13.0 Å². The zero-order valence-corrected chi connectivity index (χ0v) is 48.2. The van der Waals surface area contributed by atoms with Gasteiger partial charge in [0.15, 0.2) is 12.6 Å². The maximum Gasteiger partial charge on any atom is 0.306 e. The van der Waals surface area contributed by atoms with Crippen molar-refractivity contribution < 1.29 is 69.0 Å². The second-order valence-corrected chi connectivity index (χ2v) is 21.5. The van der Waals surface area contributed by atoms with Gasteiger partial charge in [0.05, 0.1) is 26.4 Å². The molecular formula is C63H112O14. The van der Waals surface area contributed by atoms with Gasteiger partial charge in [0, 0.05) is 13.0 Å². The number of allylic oxidation sites excluding steroid dienone is 10. The fraction of sp³-hybridized carbons (Fsp3) is 0.825. The summed E-state index contributed by atoms with van der Waals surface area (Å²) in [6.07, 6.45) is 45.6. The van der Waals surface area contributed by atoms with Gasteiger partial charge in [-0.1, -0.05) is 203 Å². The molecule has 0 aromatic heterocycles. The smallest absolute Gasteiger partial charge is 0.306 e. The van der Waals surface area contributed by atoms with E-state index in [1.54, 1.807) is 0 Å². The molecular weight excluding hydrogens is 981 g/mol. The number of hydrogen-bond donors (Lipinski definition) is 7. The van der Waals surface area contributed by atoms with Gasteiger partial charge in [-0.3, -0.25) is 4.79 Å². The normalized spacial score (nSPS) is 24.7. The average molecular weight is 1090 g/mol. The highest BCUT2D eigenvalue weighted by molar-refractivity contribution is 5.69. The minimum absolute atomic E-state index is 0.0550. The van der Waals surface area contributed by atoms with Crippen molar-refractivity contribution in [1.29, 1.82) is 0 Å². The van der Waals surface area contributed by atoms with Gasteiger partial charge in [0.1, 0.15) is 54.9 Å². The molecule has 448 valence electrons. The molecule has 2 saturated heterocycles. The van der Waals surface area contributed by atoms with Gasteiger partial charge in [-0.2, -0.15) is 0 Å². The van der Waals surface area contributed by atoms with Crippen LogP contribution in [0, 0.1) is 0 Å². The molecule has 0 radical (unpaired) electrons. The number of rotatable bonds is 50. The lowest BCUT2D eigenvalue weighted by Crippen LogP contribution is -2.61. The minimum Gasteiger partial charge on any atom is -0.457 e. The molecule has 2 heterocycles. The quantitative estimate of drug-likeness (QED) is 0.0172. The van der Waals surface area contributed by atoms with Crippen LogP contribution in [0.15, 0.2) is 60.8 Å². The molecule has 0 aliphatic carbocycles. The Morgan fingerprint density at radius 3 is 1.29 bits per heavy atom. The largest absolute Gasteiger partial charge is 0.457 e. The molecule has 11 unspecified atom stereocenters. The third kappa shape index (κ3) is 35.9. The van der Waals surface area contributed by atoms with Crippen molar-refractivity contribution in [3.05, 3.63) is 60.8 Å². The lowest BCUT2D eigenvalue weighted by molar-refractivity contribution is -0.332. The van der Waals surface area contributed by atoms with E-state index in [1.807, 2.05) is 0 Å². The van der Waals surface area contributed by atoms with Crippen LogP contribution in [0.1, 0.15) is 232 Å². The fourth-order valence-electron chi connectivity index (χ4n) is 9.50. The zero-order chi connectivity index (χ0) is 55.8. The molecule has 14 heteroatoms. The number of hydrogen-bond acceptors (Lipinski definition) is 14. The summed E-state index contributed by atoms with van der Waals surface area (Å²) in [4.78, 5) is 13.1. The second-order valence-electron chi connectivity index (χ2n) is 21.5. The first-order valence-corrected chi connectivity index (χ1v) is 30.9. The van der Waals surface area contributed by atoms with Crippen LogP contribution in [-0.4, -0.2) is 142 Å². The Labute approximate surface area is 466 Å². The van der Waals surface area contributed by atoms with Crippen LogP contribution in [-0.2, 0) is 33.2 Å². The first-order valence-electron chi connectivity index (χ1n) is 30.9. The summed E-state index contributed by atoms with van der Waals surface area (Å²) in [7, 11) is 0. The van der Waals surface area contributed by atoms with E-state index < -0.39 is 80.7 Å². The monoisotopic (exact) mass is 1090 g/mol. The van der Waals surface area contributed by atoms with Crippen LogP contribution >= 0.6 is 0 Å². The molecule has 0 bridgehead atoms. The standard InChI is InChI=1S/C63H112O14/c1-3-5-7-9-11-13-15-17-19-21-22-23-24-25-26-27-28-29-31-33-35-37-39-41-43-45-47-72-49-52(75-55(65)46-44-42-40-38-36-34-32-30-20-18-16-14-12-10-8-6-4-2)50-73-62-61(71)59(69)57(67)54(77-62)51-74-63-60(70)58(68)56(66)53(48-64)76-63/h12,14-15,17-18,20-22,24-25,52-54,56-64,66-71H,3-11,13,16,19,23,26-51H2,1-2H3/b14-12-,17-15-,20-18-,22-21-,25-24-. The summed E-state index contributed by atoms with van der Waals surface area (Å²) < 4.78 is 34.4. The molecule has 77 heavy (non-hydrogen) atoms. The zero-order valence-electron chi connectivity index (χ0n) is 48.2. The van der Waals surface area contributed by atoms with Gasteiger partial charge in [-0.25, -0.2) is 0 Å². The number of unbranched alkanes of at least 4 members (excludes halogenated alkanes) is 26. The van der Waals surface area contributed by atoms with Gasteiger partial charge in [0.2, 0.25) is 0 Å². The maximum absolute atomic E-state index is 13.1. The van der Waals surface area contributed by atoms with Crippen LogP contribution in [0.3, 0.4) is 0 Å². The first-order chi connectivity index (χ1) is 37.6. The van der Waals surface area contributed by atoms with E-state index >= 15 is 0 Å². The predicted molar refractivity (Wildman–Crippen MR) is 307 cm³/mol. The topological polar surface area (TPSA) is 214 Å². The first kappa shape index (κ1) is 70.8. The van der Waals surface area contributed by atoms with E-state index in [1.165, 1.54) is 141 Å². The van der Waals surface area contributed by atoms with E-state index in [0.717, 1.165) is 64.2 Å². The molecule has 2 rings (SSSR count). The number of aliphatic hydroxyl groups is 7. The molecule has 0 aromatic rings. The molecule has 0 spiro atoms. The molecule has 0 aromatic carbocycles. The molecule has 0 saturated carbocycles. The van der Waals surface area contributed by atoms with Crippen molar-refractivity contribution in [3.8, 4) is 0 Å². The Morgan fingerprint density at radius 1 is 0.429 bits per heavy atom. The highest BCUT2D eigenvalue weighted by atomic mass is 16.7. The molecule has 14 nitrogen and oxygen atoms in total. The number of ether oxygens (including phenoxy) is 6. The van der Waals surface area contributed by atoms with Crippen LogP contribution < -0.4 is 0 Å². The van der Waals surface area contributed by atoms with Crippen molar-refractivity contribution in [2.24, 2.45) is 0 Å². The number of carbonyl (C=O) groups excluding carboxylic acids is 1. The van der Waals surface area contributed by atoms with Gasteiger partial charge in [-0.15, -0.1) is 0 Å². The van der Waals surface area contributed by atoms with Crippen LogP contribution in [0.4, 0.5) is 0 Å². The van der Waals surface area contributed by atoms with E-state index in [2.05, 4.69) is 74.6 Å². The van der Waals surface area contributed by atoms with E-state index in [4.69, 9.17) is 28.4 Å². The van der Waals surface area contributed by atoms with Crippen molar-refractivity contribution >= 4 is 5.97 Å². The molecule has 11 atom stereocenters. The van der Waals surface area contributed by atoms with Crippen LogP contribution in [0.2, 0.25) is 0 Å². The Kier molecular flexibility index (Phi) is 45.5. The summed E-state index contributed by atoms with van der Waals surface area (Å²) in [6.45, 7) is 3.65. The van der Waals surface area contributed by atoms with Crippen molar-refractivity contribution in [3.63, 3.8) is 0 Å². The summed E-state index contributed by atoms with van der Waals surface area (Å²) in [6, 6.07) is 0. The average Bonchev–Trinajstić information content (AvgIpc) is 3.43. The number of esters is 1. The summed E-state index contributed by atoms with van der Waals surface area (Å²) >= 11 is 0. The Bertz CT molecular complexity index is 1500. The van der Waals surface area contributed by atoms with Crippen molar-refractivity contribution in [2.75, 3.05) is 33.0 Å². The summed E-state index contributed by atoms with van der Waals surface area (Å²) in [5, 5.41) is 72.4. The van der Waals surface area contributed by atoms with Crippen LogP contribution in [0.5, 0.6) is 0 Å². The minimum atomic E-state index is -1.71. The van der Waals surface area contributed by atoms with Crippen molar-refractivity contribution in [1.82, 2.24) is 0 Å². The lowest BCUT2D eigenvalue weighted by atomic mass is 9.98. The third-order valence-electron chi connectivity index (χ3n) is 14.5. The molecule has 0 amide bonds. The van der Waals surface area contributed by atoms with Crippen molar-refractivity contribution in [2.45, 2.75) is 300 Å². The highest BCUT2D eigenvalue weighted by Gasteiger charge is 2.47. The maximum atomic E-state index is 13.1. The molecule has 2 aliphatic rings. The van der Waals surface area contributed by atoms with Gasteiger partial charge < -0.3 is 64.2 Å². The van der Waals surface area contributed by atoms with E-state index in [9.17, 15) is 40.5 Å². The van der Waals surface area contributed by atoms with Gasteiger partial charge >= 0.3 is 5.97 Å². The summed E-state index contributed by atoms with van der Waals surface area (Å²) in [5.41, 5.74) is 0.